The molecule has 0 aromatic carbocycles. The fourth-order valence-corrected chi connectivity index (χ4v) is 1.57. The van der Waals surface area contributed by atoms with Crippen LogP contribution in [0.1, 0.15) is 5.69 Å². The molecule has 0 spiro atoms. The van der Waals surface area contributed by atoms with Crippen LogP contribution in [0.4, 0.5) is 5.82 Å². The summed E-state index contributed by atoms with van der Waals surface area (Å²) in [5, 5.41) is 9.40. The predicted molar refractivity (Wildman–Crippen MR) is 52.6 cm³/mol. The number of hydrogen-bond acceptors (Lipinski definition) is 4. The standard InChI is InChI=1S/C8H10N4S/c1-12-3-2-8(11-12)9-4-7-5-13-6-10-7/h2-3,5-6H,4H2,1H3,(H,9,11). The van der Waals surface area contributed by atoms with Gasteiger partial charge in [-0.25, -0.2) is 4.98 Å². The van der Waals surface area contributed by atoms with Crippen LogP contribution in [0, 0.1) is 0 Å². The third-order valence-corrected chi connectivity index (χ3v) is 2.28. The molecule has 68 valence electrons. The zero-order chi connectivity index (χ0) is 9.10. The van der Waals surface area contributed by atoms with Gasteiger partial charge in [0, 0.05) is 24.7 Å². The van der Waals surface area contributed by atoms with Gasteiger partial charge in [-0.05, 0) is 0 Å². The second kappa shape index (κ2) is 3.57. The average Bonchev–Trinajstić information content (AvgIpc) is 2.71. The van der Waals surface area contributed by atoms with Crippen LogP contribution in [0.2, 0.25) is 0 Å². The number of aryl methyl sites for hydroxylation is 1. The van der Waals surface area contributed by atoms with E-state index in [1.807, 2.05) is 30.2 Å². The van der Waals surface area contributed by atoms with Crippen molar-refractivity contribution in [3.8, 4) is 0 Å². The van der Waals surface area contributed by atoms with Crippen molar-refractivity contribution in [2.75, 3.05) is 5.32 Å². The summed E-state index contributed by atoms with van der Waals surface area (Å²) < 4.78 is 1.77. The van der Waals surface area contributed by atoms with Crippen molar-refractivity contribution in [3.63, 3.8) is 0 Å². The lowest BCUT2D eigenvalue weighted by Gasteiger charge is -1.98. The highest BCUT2D eigenvalue weighted by molar-refractivity contribution is 7.07. The third kappa shape index (κ3) is 2.06. The Balaban J connectivity index is 1.93. The van der Waals surface area contributed by atoms with Gasteiger partial charge in [-0.1, -0.05) is 0 Å². The number of aromatic nitrogens is 3. The minimum atomic E-state index is 0.737. The number of anilines is 1. The summed E-state index contributed by atoms with van der Waals surface area (Å²) in [4.78, 5) is 4.16. The maximum absolute atomic E-state index is 4.19. The van der Waals surface area contributed by atoms with E-state index in [2.05, 4.69) is 15.4 Å². The number of rotatable bonds is 3. The van der Waals surface area contributed by atoms with E-state index in [-0.39, 0.29) is 0 Å². The zero-order valence-corrected chi connectivity index (χ0v) is 8.08. The molecule has 2 heterocycles. The Morgan fingerprint density at radius 2 is 2.54 bits per heavy atom. The molecule has 0 atom stereocenters. The molecular weight excluding hydrogens is 184 g/mol. The van der Waals surface area contributed by atoms with Crippen molar-refractivity contribution >= 4 is 17.2 Å². The van der Waals surface area contributed by atoms with E-state index >= 15 is 0 Å². The van der Waals surface area contributed by atoms with Gasteiger partial charge < -0.3 is 5.32 Å². The first kappa shape index (κ1) is 8.25. The topological polar surface area (TPSA) is 42.7 Å². The average molecular weight is 194 g/mol. The predicted octanol–water partition coefficient (Wildman–Crippen LogP) is 1.49. The quantitative estimate of drug-likeness (QED) is 0.805. The smallest absolute Gasteiger partial charge is 0.148 e. The highest BCUT2D eigenvalue weighted by atomic mass is 32.1. The Morgan fingerprint density at radius 1 is 1.62 bits per heavy atom. The molecule has 0 fully saturated rings. The third-order valence-electron chi connectivity index (χ3n) is 1.65. The molecule has 0 unspecified atom stereocenters. The van der Waals surface area contributed by atoms with Crippen LogP contribution in [0.3, 0.4) is 0 Å². The van der Waals surface area contributed by atoms with Crippen molar-refractivity contribution < 1.29 is 0 Å². The normalized spacial score (nSPS) is 10.2. The lowest BCUT2D eigenvalue weighted by Crippen LogP contribution is -2.00. The molecule has 0 radical (unpaired) electrons. The Kier molecular flexibility index (Phi) is 2.27. The van der Waals surface area contributed by atoms with Gasteiger partial charge in [0.1, 0.15) is 5.82 Å². The van der Waals surface area contributed by atoms with Gasteiger partial charge in [0.05, 0.1) is 17.7 Å². The summed E-state index contributed by atoms with van der Waals surface area (Å²) in [6.45, 7) is 0.737. The Bertz CT molecular complexity index is 365. The van der Waals surface area contributed by atoms with E-state index in [1.54, 1.807) is 16.0 Å². The Morgan fingerprint density at radius 3 is 3.15 bits per heavy atom. The van der Waals surface area contributed by atoms with Crippen LogP contribution in [0.15, 0.2) is 23.2 Å². The van der Waals surface area contributed by atoms with Gasteiger partial charge in [-0.2, -0.15) is 5.10 Å². The highest BCUT2D eigenvalue weighted by Gasteiger charge is 1.97. The van der Waals surface area contributed by atoms with Gasteiger partial charge in [0.2, 0.25) is 0 Å². The monoisotopic (exact) mass is 194 g/mol. The summed E-state index contributed by atoms with van der Waals surface area (Å²) in [6.07, 6.45) is 1.91. The van der Waals surface area contributed by atoms with Crippen molar-refractivity contribution in [2.24, 2.45) is 7.05 Å². The van der Waals surface area contributed by atoms with Crippen molar-refractivity contribution in [1.29, 1.82) is 0 Å². The number of hydrogen-bond donors (Lipinski definition) is 1. The lowest BCUT2D eigenvalue weighted by atomic mass is 10.5. The molecule has 2 rings (SSSR count). The Hall–Kier alpha value is -1.36. The van der Waals surface area contributed by atoms with Crippen molar-refractivity contribution in [1.82, 2.24) is 14.8 Å². The van der Waals surface area contributed by atoms with Gasteiger partial charge in [0.15, 0.2) is 0 Å². The lowest BCUT2D eigenvalue weighted by molar-refractivity contribution is 0.768. The minimum Gasteiger partial charge on any atom is -0.363 e. The molecule has 2 aromatic rings. The fraction of sp³-hybridized carbons (Fsp3) is 0.250. The molecule has 1 N–H and O–H groups in total. The summed E-state index contributed by atoms with van der Waals surface area (Å²) in [6, 6.07) is 1.94. The van der Waals surface area contributed by atoms with E-state index in [9.17, 15) is 0 Å². The second-order valence-electron chi connectivity index (χ2n) is 2.71. The summed E-state index contributed by atoms with van der Waals surface area (Å²) in [5.74, 6) is 0.885. The number of nitrogens with one attached hydrogen (secondary N) is 1. The van der Waals surface area contributed by atoms with E-state index in [1.165, 1.54) is 0 Å². The molecule has 0 aliphatic rings. The van der Waals surface area contributed by atoms with E-state index in [0.717, 1.165) is 18.1 Å². The molecule has 13 heavy (non-hydrogen) atoms. The van der Waals surface area contributed by atoms with E-state index < -0.39 is 0 Å². The first-order valence-corrected chi connectivity index (χ1v) is 4.89. The molecule has 4 nitrogen and oxygen atoms in total. The van der Waals surface area contributed by atoms with E-state index in [0.29, 0.717) is 0 Å². The van der Waals surface area contributed by atoms with Crippen LogP contribution in [0.25, 0.3) is 0 Å². The minimum absolute atomic E-state index is 0.737. The van der Waals surface area contributed by atoms with Crippen LogP contribution < -0.4 is 5.32 Å². The fourth-order valence-electron chi connectivity index (χ4n) is 1.02. The molecule has 0 saturated heterocycles. The van der Waals surface area contributed by atoms with Gasteiger partial charge >= 0.3 is 0 Å². The van der Waals surface area contributed by atoms with Gasteiger partial charge in [-0.15, -0.1) is 11.3 Å². The summed E-state index contributed by atoms with van der Waals surface area (Å²) >= 11 is 1.60. The highest BCUT2D eigenvalue weighted by Crippen LogP contribution is 2.05. The number of nitrogens with zero attached hydrogens (tertiary/aromatic N) is 3. The largest absolute Gasteiger partial charge is 0.363 e. The maximum atomic E-state index is 4.19. The molecule has 0 aliphatic carbocycles. The van der Waals surface area contributed by atoms with Crippen molar-refractivity contribution in [3.05, 3.63) is 28.8 Å². The molecular formula is C8H10N4S. The first-order valence-electron chi connectivity index (χ1n) is 3.95. The Labute approximate surface area is 80.2 Å². The molecule has 0 bridgehead atoms. The van der Waals surface area contributed by atoms with Gasteiger partial charge in [-0.3, -0.25) is 4.68 Å². The van der Waals surface area contributed by atoms with Crippen LogP contribution in [0.5, 0.6) is 0 Å². The van der Waals surface area contributed by atoms with Crippen LogP contribution in [-0.4, -0.2) is 14.8 Å². The molecule has 0 amide bonds. The second-order valence-corrected chi connectivity index (χ2v) is 3.43. The summed E-state index contributed by atoms with van der Waals surface area (Å²) in [5.41, 5.74) is 2.88. The molecule has 0 saturated carbocycles. The maximum Gasteiger partial charge on any atom is 0.148 e. The van der Waals surface area contributed by atoms with Gasteiger partial charge in [0.25, 0.3) is 0 Å². The molecule has 5 heteroatoms. The SMILES string of the molecule is Cn1ccc(NCc2cscn2)n1. The summed E-state index contributed by atoms with van der Waals surface area (Å²) in [7, 11) is 1.90. The number of thiazole rings is 1. The zero-order valence-electron chi connectivity index (χ0n) is 7.27. The molecule has 2 aromatic heterocycles. The first-order chi connectivity index (χ1) is 6.34. The van der Waals surface area contributed by atoms with Crippen molar-refractivity contribution in [2.45, 2.75) is 6.54 Å². The van der Waals surface area contributed by atoms with Crippen LogP contribution in [-0.2, 0) is 13.6 Å². The van der Waals surface area contributed by atoms with Crippen LogP contribution >= 0.6 is 11.3 Å². The van der Waals surface area contributed by atoms with E-state index in [4.69, 9.17) is 0 Å². The molecule has 0 aliphatic heterocycles.